The Balaban J connectivity index is 2.53. The minimum Gasteiger partial charge on any atom is -0.252 e. The van der Waals surface area contributed by atoms with Crippen LogP contribution in [-0.4, -0.2) is 11.9 Å². The van der Waals surface area contributed by atoms with Gasteiger partial charge in [-0.2, -0.15) is 0 Å². The maximum absolute atomic E-state index is 7.83. The van der Waals surface area contributed by atoms with Crippen LogP contribution in [-0.2, 0) is 4.89 Å². The van der Waals surface area contributed by atoms with Gasteiger partial charge in [-0.05, 0) is 12.8 Å². The van der Waals surface area contributed by atoms with Gasteiger partial charge in [0.15, 0.2) is 0 Å². The Morgan fingerprint density at radius 1 is 1.62 bits per heavy atom. The summed E-state index contributed by atoms with van der Waals surface area (Å²) in [5.74, 6) is 0. The van der Waals surface area contributed by atoms with Crippen LogP contribution in [0.2, 0.25) is 0 Å². The zero-order chi connectivity index (χ0) is 6.24. The first-order valence-corrected chi connectivity index (χ1v) is 2.99. The molecule has 1 N–H and O–H groups in total. The van der Waals surface area contributed by atoms with E-state index in [0.717, 1.165) is 6.42 Å². The summed E-state index contributed by atoms with van der Waals surface area (Å²) in [7, 11) is 0. The standard InChI is InChI=1S/C6H13O2/c1-2-3-4-5-6-8-7/h5,7H,2-4,6H2,1H3. The van der Waals surface area contributed by atoms with Crippen molar-refractivity contribution in [3.63, 3.8) is 0 Å². The van der Waals surface area contributed by atoms with E-state index in [0.29, 0.717) is 6.61 Å². The smallest absolute Gasteiger partial charge is 0.0851 e. The molecule has 0 aromatic carbocycles. The molecule has 0 aromatic heterocycles. The van der Waals surface area contributed by atoms with Crippen molar-refractivity contribution in [1.29, 1.82) is 0 Å². The predicted octanol–water partition coefficient (Wildman–Crippen LogP) is 1.87. The average Bonchev–Trinajstić information content (AvgIpc) is 1.81. The predicted molar refractivity (Wildman–Crippen MR) is 32.4 cm³/mol. The molecule has 0 aliphatic rings. The van der Waals surface area contributed by atoms with Gasteiger partial charge < -0.3 is 0 Å². The van der Waals surface area contributed by atoms with E-state index >= 15 is 0 Å². The molecule has 49 valence electrons. The fourth-order valence-electron chi connectivity index (χ4n) is 0.484. The molecule has 0 rings (SSSR count). The molecular weight excluding hydrogens is 104 g/mol. The van der Waals surface area contributed by atoms with Crippen molar-refractivity contribution in [3.8, 4) is 0 Å². The summed E-state index contributed by atoms with van der Waals surface area (Å²) in [6.07, 6.45) is 5.34. The second-order valence-corrected chi connectivity index (χ2v) is 1.73. The van der Waals surface area contributed by atoms with Gasteiger partial charge in [0.25, 0.3) is 0 Å². The lowest BCUT2D eigenvalue weighted by Crippen LogP contribution is -1.88. The van der Waals surface area contributed by atoms with Crippen molar-refractivity contribution in [3.05, 3.63) is 6.42 Å². The van der Waals surface area contributed by atoms with E-state index in [9.17, 15) is 0 Å². The first-order valence-electron chi connectivity index (χ1n) is 2.99. The van der Waals surface area contributed by atoms with E-state index < -0.39 is 0 Å². The van der Waals surface area contributed by atoms with Crippen LogP contribution in [0.25, 0.3) is 0 Å². The molecule has 0 aliphatic heterocycles. The fourth-order valence-corrected chi connectivity index (χ4v) is 0.484. The molecule has 8 heavy (non-hydrogen) atoms. The maximum Gasteiger partial charge on any atom is 0.0851 e. The first-order chi connectivity index (χ1) is 3.91. The minimum atomic E-state index is 0.361. The van der Waals surface area contributed by atoms with Gasteiger partial charge in [-0.1, -0.05) is 19.8 Å². The van der Waals surface area contributed by atoms with Crippen molar-refractivity contribution in [2.45, 2.75) is 26.2 Å². The summed E-state index contributed by atoms with van der Waals surface area (Å²) in [5.41, 5.74) is 0. The zero-order valence-corrected chi connectivity index (χ0v) is 5.26. The fraction of sp³-hybridized carbons (Fsp3) is 0.833. The Morgan fingerprint density at radius 3 is 2.88 bits per heavy atom. The highest BCUT2D eigenvalue weighted by Gasteiger charge is 1.85. The monoisotopic (exact) mass is 117 g/mol. The molecule has 0 amide bonds. The van der Waals surface area contributed by atoms with E-state index in [1.807, 2.05) is 6.42 Å². The van der Waals surface area contributed by atoms with E-state index in [1.165, 1.54) is 12.8 Å². The molecular formula is C6H13O2. The van der Waals surface area contributed by atoms with Gasteiger partial charge >= 0.3 is 0 Å². The first kappa shape index (κ1) is 7.92. The molecule has 0 spiro atoms. The van der Waals surface area contributed by atoms with E-state index in [-0.39, 0.29) is 0 Å². The molecule has 2 heteroatoms. The van der Waals surface area contributed by atoms with Gasteiger partial charge in [0.05, 0.1) is 6.61 Å². The molecule has 2 nitrogen and oxygen atoms in total. The van der Waals surface area contributed by atoms with Gasteiger partial charge in [0, 0.05) is 0 Å². The van der Waals surface area contributed by atoms with Gasteiger partial charge in [0.1, 0.15) is 0 Å². The Labute approximate surface area is 50.4 Å². The number of rotatable bonds is 5. The summed E-state index contributed by atoms with van der Waals surface area (Å²) in [6.45, 7) is 2.49. The van der Waals surface area contributed by atoms with Gasteiger partial charge in [-0.3, -0.25) is 5.26 Å². The second-order valence-electron chi connectivity index (χ2n) is 1.73. The van der Waals surface area contributed by atoms with Crippen molar-refractivity contribution in [2.24, 2.45) is 0 Å². The third-order valence-corrected chi connectivity index (χ3v) is 0.954. The summed E-state index contributed by atoms with van der Waals surface area (Å²) in [4.78, 5) is 3.83. The van der Waals surface area contributed by atoms with E-state index in [1.54, 1.807) is 0 Å². The lowest BCUT2D eigenvalue weighted by molar-refractivity contribution is -0.235. The van der Waals surface area contributed by atoms with Crippen LogP contribution in [0.3, 0.4) is 0 Å². The van der Waals surface area contributed by atoms with Crippen LogP contribution in [0.1, 0.15) is 26.2 Å². The third-order valence-electron chi connectivity index (χ3n) is 0.954. The molecule has 1 radical (unpaired) electrons. The van der Waals surface area contributed by atoms with Crippen molar-refractivity contribution < 1.29 is 10.1 Å². The second kappa shape index (κ2) is 6.92. The summed E-state index contributed by atoms with van der Waals surface area (Å²) < 4.78 is 0. The lowest BCUT2D eigenvalue weighted by atomic mass is 10.2. The van der Waals surface area contributed by atoms with Crippen LogP contribution in [0.15, 0.2) is 0 Å². The molecule has 0 saturated heterocycles. The van der Waals surface area contributed by atoms with Crippen molar-refractivity contribution >= 4 is 0 Å². The SMILES string of the molecule is CCCC[CH]COO. The highest BCUT2D eigenvalue weighted by atomic mass is 17.1. The Hall–Kier alpha value is -0.0800. The van der Waals surface area contributed by atoms with Crippen LogP contribution < -0.4 is 0 Å². The summed E-state index contributed by atoms with van der Waals surface area (Å²) >= 11 is 0. The quantitative estimate of drug-likeness (QED) is 0.338. The van der Waals surface area contributed by atoms with Gasteiger partial charge in [0.2, 0.25) is 0 Å². The molecule has 0 bridgehead atoms. The highest BCUT2D eigenvalue weighted by molar-refractivity contribution is 4.60. The highest BCUT2D eigenvalue weighted by Crippen LogP contribution is 1.96. The number of hydrogen-bond acceptors (Lipinski definition) is 2. The average molecular weight is 117 g/mol. The Bertz CT molecular complexity index is 31.5. The van der Waals surface area contributed by atoms with Crippen molar-refractivity contribution in [2.75, 3.05) is 6.61 Å². The topological polar surface area (TPSA) is 29.5 Å². The summed E-state index contributed by atoms with van der Waals surface area (Å²) in [6, 6.07) is 0. The minimum absolute atomic E-state index is 0.361. The Morgan fingerprint density at radius 2 is 2.38 bits per heavy atom. The third kappa shape index (κ3) is 5.92. The van der Waals surface area contributed by atoms with Crippen LogP contribution >= 0.6 is 0 Å². The normalized spacial score (nSPS) is 9.75. The van der Waals surface area contributed by atoms with Gasteiger partial charge in [-0.25, -0.2) is 4.89 Å². The largest absolute Gasteiger partial charge is 0.252 e. The van der Waals surface area contributed by atoms with E-state index in [2.05, 4.69) is 11.8 Å². The summed E-state index contributed by atoms with van der Waals surface area (Å²) in [5, 5.41) is 7.83. The van der Waals surface area contributed by atoms with Crippen molar-refractivity contribution in [1.82, 2.24) is 0 Å². The van der Waals surface area contributed by atoms with E-state index in [4.69, 9.17) is 5.26 Å². The molecule has 0 aromatic rings. The number of unbranched alkanes of at least 4 members (excludes halogenated alkanes) is 3. The maximum atomic E-state index is 7.83. The van der Waals surface area contributed by atoms with Crippen LogP contribution in [0.4, 0.5) is 0 Å². The van der Waals surface area contributed by atoms with Gasteiger partial charge in [-0.15, -0.1) is 0 Å². The molecule has 0 heterocycles. The Kier molecular flexibility index (Phi) is 6.85. The molecule has 0 fully saturated rings. The molecule has 0 saturated carbocycles. The number of hydrogen-bond donors (Lipinski definition) is 1. The van der Waals surface area contributed by atoms with Crippen LogP contribution in [0.5, 0.6) is 0 Å². The molecule has 0 aliphatic carbocycles. The zero-order valence-electron chi connectivity index (χ0n) is 5.26. The lowest BCUT2D eigenvalue weighted by Gasteiger charge is -1.93. The molecule has 0 unspecified atom stereocenters. The molecule has 0 atom stereocenters. The van der Waals surface area contributed by atoms with Crippen LogP contribution in [0, 0.1) is 6.42 Å².